The Bertz CT molecular complexity index is 441. The number of hydrogen-bond acceptors (Lipinski definition) is 1. The zero-order valence-electron chi connectivity index (χ0n) is 10.8. The molecule has 1 aliphatic rings. The zero-order valence-corrected chi connectivity index (χ0v) is 10.8. The molecule has 1 unspecified atom stereocenters. The molecule has 2 nitrogen and oxygen atoms in total. The molecule has 1 aliphatic carbocycles. The molecule has 92 valence electrons. The molecule has 0 heterocycles. The van der Waals surface area contributed by atoms with Gasteiger partial charge in [-0.3, -0.25) is 4.79 Å². The summed E-state index contributed by atoms with van der Waals surface area (Å²) in [6, 6.07) is 6.55. The second-order valence-corrected chi connectivity index (χ2v) is 6.00. The van der Waals surface area contributed by atoms with E-state index in [2.05, 4.69) is 39.0 Å². The molecule has 0 spiro atoms. The van der Waals surface area contributed by atoms with Crippen molar-refractivity contribution in [2.45, 2.75) is 51.4 Å². The van der Waals surface area contributed by atoms with Crippen molar-refractivity contribution in [3.05, 3.63) is 34.9 Å². The fraction of sp³-hybridized carbons (Fsp3) is 0.533. The van der Waals surface area contributed by atoms with Crippen LogP contribution in [-0.4, -0.2) is 11.1 Å². The zero-order chi connectivity index (χ0) is 12.6. The second kappa shape index (κ2) is 4.17. The monoisotopic (exact) mass is 232 g/mol. The molecule has 0 radical (unpaired) electrons. The summed E-state index contributed by atoms with van der Waals surface area (Å²) in [7, 11) is 0. The van der Waals surface area contributed by atoms with Crippen molar-refractivity contribution in [2.24, 2.45) is 0 Å². The molecule has 1 N–H and O–H groups in total. The summed E-state index contributed by atoms with van der Waals surface area (Å²) in [6.45, 7) is 6.62. The van der Waals surface area contributed by atoms with Gasteiger partial charge < -0.3 is 5.11 Å². The number of rotatable bonds is 2. The Morgan fingerprint density at radius 3 is 2.71 bits per heavy atom. The highest BCUT2D eigenvalue weighted by Crippen LogP contribution is 2.37. The van der Waals surface area contributed by atoms with Crippen LogP contribution in [0.5, 0.6) is 0 Å². The first-order valence-electron chi connectivity index (χ1n) is 6.23. The van der Waals surface area contributed by atoms with Crippen LogP contribution in [0.15, 0.2) is 18.2 Å². The standard InChI is InChI=1S/C15H20O2/c1-15(2,3)12-6-7-13-10(8-12)4-5-11(13)9-14(16)17/h6-8,11H,4-5,9H2,1-3H3,(H,16,17). The number of carbonyl (C=O) groups is 1. The van der Waals surface area contributed by atoms with Gasteiger partial charge in [0.25, 0.3) is 0 Å². The average Bonchev–Trinajstić information content (AvgIpc) is 2.59. The van der Waals surface area contributed by atoms with Gasteiger partial charge in [-0.1, -0.05) is 39.0 Å². The summed E-state index contributed by atoms with van der Waals surface area (Å²) in [5.74, 6) is -0.473. The van der Waals surface area contributed by atoms with Crippen LogP contribution in [0.4, 0.5) is 0 Å². The fourth-order valence-electron chi connectivity index (χ4n) is 2.60. The lowest BCUT2D eigenvalue weighted by Gasteiger charge is -2.20. The number of fused-ring (bicyclic) bond motifs is 1. The topological polar surface area (TPSA) is 37.3 Å². The van der Waals surface area contributed by atoms with Crippen LogP contribution >= 0.6 is 0 Å². The average molecular weight is 232 g/mol. The van der Waals surface area contributed by atoms with Crippen molar-refractivity contribution in [3.8, 4) is 0 Å². The molecule has 0 bridgehead atoms. The number of benzene rings is 1. The number of hydrogen-bond donors (Lipinski definition) is 1. The van der Waals surface area contributed by atoms with Gasteiger partial charge in [0.1, 0.15) is 0 Å². The maximum Gasteiger partial charge on any atom is 0.303 e. The lowest BCUT2D eigenvalue weighted by molar-refractivity contribution is -0.137. The molecular weight excluding hydrogens is 212 g/mol. The van der Waals surface area contributed by atoms with E-state index in [4.69, 9.17) is 5.11 Å². The van der Waals surface area contributed by atoms with Gasteiger partial charge in [-0.2, -0.15) is 0 Å². The van der Waals surface area contributed by atoms with Gasteiger partial charge in [-0.15, -0.1) is 0 Å². The van der Waals surface area contributed by atoms with Crippen LogP contribution < -0.4 is 0 Å². The van der Waals surface area contributed by atoms with Gasteiger partial charge >= 0.3 is 5.97 Å². The SMILES string of the molecule is CC(C)(C)c1ccc2c(c1)CCC2CC(=O)O. The molecule has 2 rings (SSSR count). The van der Waals surface area contributed by atoms with Gasteiger partial charge in [0.2, 0.25) is 0 Å². The van der Waals surface area contributed by atoms with E-state index in [1.54, 1.807) is 0 Å². The van der Waals surface area contributed by atoms with Gasteiger partial charge in [0, 0.05) is 0 Å². The Morgan fingerprint density at radius 1 is 1.41 bits per heavy atom. The number of aliphatic carboxylic acids is 1. The van der Waals surface area contributed by atoms with Crippen molar-refractivity contribution >= 4 is 5.97 Å². The van der Waals surface area contributed by atoms with E-state index < -0.39 is 5.97 Å². The summed E-state index contributed by atoms with van der Waals surface area (Å²) < 4.78 is 0. The molecule has 0 saturated carbocycles. The summed E-state index contributed by atoms with van der Waals surface area (Å²) in [4.78, 5) is 10.8. The molecule has 1 aromatic carbocycles. The minimum atomic E-state index is -0.692. The number of aryl methyl sites for hydroxylation is 1. The molecule has 17 heavy (non-hydrogen) atoms. The van der Waals surface area contributed by atoms with E-state index in [9.17, 15) is 4.79 Å². The van der Waals surface area contributed by atoms with Gasteiger partial charge in [-0.05, 0) is 40.9 Å². The third kappa shape index (κ3) is 2.51. The summed E-state index contributed by atoms with van der Waals surface area (Å²) in [6.07, 6.45) is 2.27. The van der Waals surface area contributed by atoms with Crippen LogP contribution in [0.2, 0.25) is 0 Å². The molecule has 2 heteroatoms. The van der Waals surface area contributed by atoms with E-state index in [0.29, 0.717) is 0 Å². The lowest BCUT2D eigenvalue weighted by Crippen LogP contribution is -2.11. The van der Waals surface area contributed by atoms with Crippen LogP contribution in [0.25, 0.3) is 0 Å². The van der Waals surface area contributed by atoms with E-state index in [-0.39, 0.29) is 17.8 Å². The predicted octanol–water partition coefficient (Wildman–Crippen LogP) is 3.49. The predicted molar refractivity (Wildman–Crippen MR) is 68.5 cm³/mol. The normalized spacial score (nSPS) is 19.1. The first-order chi connectivity index (χ1) is 7.88. The quantitative estimate of drug-likeness (QED) is 0.847. The number of carboxylic acids is 1. The highest BCUT2D eigenvalue weighted by atomic mass is 16.4. The third-order valence-corrected chi connectivity index (χ3v) is 3.63. The molecule has 0 aliphatic heterocycles. The molecule has 1 aromatic rings. The second-order valence-electron chi connectivity index (χ2n) is 6.00. The first-order valence-corrected chi connectivity index (χ1v) is 6.23. The van der Waals surface area contributed by atoms with Crippen molar-refractivity contribution in [1.82, 2.24) is 0 Å². The van der Waals surface area contributed by atoms with Crippen molar-refractivity contribution in [1.29, 1.82) is 0 Å². The highest BCUT2D eigenvalue weighted by molar-refractivity contribution is 5.68. The Balaban J connectivity index is 2.29. The van der Waals surface area contributed by atoms with Crippen molar-refractivity contribution < 1.29 is 9.90 Å². The Hall–Kier alpha value is -1.31. The summed E-state index contributed by atoms with van der Waals surface area (Å²) in [5, 5.41) is 8.88. The van der Waals surface area contributed by atoms with Gasteiger partial charge in [-0.25, -0.2) is 0 Å². The molecule has 1 atom stereocenters. The maximum absolute atomic E-state index is 10.8. The smallest absolute Gasteiger partial charge is 0.303 e. The molecule has 0 fully saturated rings. The van der Waals surface area contributed by atoms with Gasteiger partial charge in [0.05, 0.1) is 6.42 Å². The lowest BCUT2D eigenvalue weighted by atomic mass is 9.85. The summed E-state index contributed by atoms with van der Waals surface area (Å²) >= 11 is 0. The van der Waals surface area contributed by atoms with Crippen LogP contribution in [-0.2, 0) is 16.6 Å². The van der Waals surface area contributed by atoms with Crippen LogP contribution in [0, 0.1) is 0 Å². The van der Waals surface area contributed by atoms with Crippen LogP contribution in [0.3, 0.4) is 0 Å². The van der Waals surface area contributed by atoms with Crippen LogP contribution in [0.1, 0.15) is 56.2 Å². The Kier molecular flexibility index (Phi) is 2.98. The Morgan fingerprint density at radius 2 is 2.12 bits per heavy atom. The van der Waals surface area contributed by atoms with E-state index in [1.165, 1.54) is 16.7 Å². The molecule has 0 saturated heterocycles. The largest absolute Gasteiger partial charge is 0.481 e. The minimum absolute atomic E-state index is 0.167. The van der Waals surface area contributed by atoms with E-state index >= 15 is 0 Å². The van der Waals surface area contributed by atoms with E-state index in [0.717, 1.165) is 12.8 Å². The molecule has 0 amide bonds. The number of carboxylic acid groups (broad SMARTS) is 1. The first kappa shape index (κ1) is 12.2. The van der Waals surface area contributed by atoms with Crippen molar-refractivity contribution in [3.63, 3.8) is 0 Å². The summed E-state index contributed by atoms with van der Waals surface area (Å²) in [5.41, 5.74) is 4.11. The minimum Gasteiger partial charge on any atom is -0.481 e. The van der Waals surface area contributed by atoms with Gasteiger partial charge in [0.15, 0.2) is 0 Å². The molecular formula is C15H20O2. The maximum atomic E-state index is 10.8. The van der Waals surface area contributed by atoms with Crippen molar-refractivity contribution in [2.75, 3.05) is 0 Å². The molecule has 0 aromatic heterocycles. The van der Waals surface area contributed by atoms with E-state index in [1.807, 2.05) is 0 Å². The third-order valence-electron chi connectivity index (χ3n) is 3.63. The fourth-order valence-corrected chi connectivity index (χ4v) is 2.60. The highest BCUT2D eigenvalue weighted by Gasteiger charge is 2.26. The Labute approximate surface area is 103 Å².